The molecule has 114 valence electrons. The number of nitrogens with zero attached hydrogens (tertiary/aromatic N) is 1. The highest BCUT2D eigenvalue weighted by Gasteiger charge is 2.23. The summed E-state index contributed by atoms with van der Waals surface area (Å²) in [4.78, 5) is 2.40. The van der Waals surface area contributed by atoms with Gasteiger partial charge in [0.05, 0.1) is 6.10 Å². The van der Waals surface area contributed by atoms with Crippen LogP contribution in [0.3, 0.4) is 0 Å². The van der Waals surface area contributed by atoms with Gasteiger partial charge in [0.25, 0.3) is 0 Å². The molecule has 0 aliphatic heterocycles. The van der Waals surface area contributed by atoms with E-state index in [0.717, 1.165) is 36.9 Å². The molecule has 2 aromatic carbocycles. The van der Waals surface area contributed by atoms with E-state index in [9.17, 15) is 5.11 Å². The largest absolute Gasteiger partial charge is 0.387 e. The minimum atomic E-state index is -0.450. The van der Waals surface area contributed by atoms with E-state index in [1.165, 1.54) is 5.39 Å². The Morgan fingerprint density at radius 1 is 0.952 bits per heavy atom. The maximum atomic E-state index is 10.9. The van der Waals surface area contributed by atoms with E-state index in [2.05, 4.69) is 49.9 Å². The topological polar surface area (TPSA) is 23.5 Å². The highest BCUT2D eigenvalue weighted by atomic mass is 16.3. The van der Waals surface area contributed by atoms with Crippen LogP contribution in [0.5, 0.6) is 0 Å². The third-order valence-corrected chi connectivity index (χ3v) is 4.20. The summed E-state index contributed by atoms with van der Waals surface area (Å²) in [5.74, 6) is 0. The van der Waals surface area contributed by atoms with Crippen molar-refractivity contribution in [2.75, 3.05) is 13.1 Å². The molecule has 0 amide bonds. The van der Waals surface area contributed by atoms with E-state index in [1.807, 2.05) is 18.2 Å². The van der Waals surface area contributed by atoms with Gasteiger partial charge in [-0.15, -0.1) is 0 Å². The molecule has 0 heterocycles. The van der Waals surface area contributed by atoms with E-state index in [4.69, 9.17) is 0 Å². The van der Waals surface area contributed by atoms with Crippen molar-refractivity contribution < 1.29 is 5.11 Å². The molecule has 2 rings (SSSR count). The second-order valence-corrected chi connectivity index (χ2v) is 5.79. The summed E-state index contributed by atoms with van der Waals surface area (Å²) >= 11 is 0. The van der Waals surface area contributed by atoms with Crippen molar-refractivity contribution in [1.82, 2.24) is 4.90 Å². The highest BCUT2D eigenvalue weighted by Crippen LogP contribution is 2.28. The van der Waals surface area contributed by atoms with Gasteiger partial charge in [0.2, 0.25) is 0 Å². The molecule has 0 aliphatic rings. The van der Waals surface area contributed by atoms with Crippen LogP contribution in [0.1, 0.15) is 45.3 Å². The lowest BCUT2D eigenvalue weighted by Crippen LogP contribution is -2.38. The van der Waals surface area contributed by atoms with Crippen LogP contribution >= 0.6 is 0 Å². The average Bonchev–Trinajstić information content (AvgIpc) is 2.52. The van der Waals surface area contributed by atoms with Gasteiger partial charge in [-0.1, -0.05) is 56.3 Å². The number of hydrogen-bond acceptors (Lipinski definition) is 2. The Hall–Kier alpha value is -1.38. The maximum Gasteiger partial charge on any atom is 0.0948 e. The van der Waals surface area contributed by atoms with Crippen molar-refractivity contribution in [3.05, 3.63) is 48.0 Å². The number of aliphatic hydroxyl groups is 1. The molecule has 2 nitrogen and oxygen atoms in total. The predicted molar refractivity (Wildman–Crippen MR) is 90.5 cm³/mol. The monoisotopic (exact) mass is 285 g/mol. The normalized spacial score (nSPS) is 14.5. The Morgan fingerprint density at radius 2 is 1.57 bits per heavy atom. The molecule has 2 aromatic rings. The van der Waals surface area contributed by atoms with Gasteiger partial charge in [0.1, 0.15) is 0 Å². The van der Waals surface area contributed by atoms with Gasteiger partial charge in [-0.05, 0) is 49.2 Å². The first-order valence-electron chi connectivity index (χ1n) is 8.08. The first-order chi connectivity index (χ1) is 10.2. The van der Waals surface area contributed by atoms with E-state index in [-0.39, 0.29) is 6.04 Å². The molecule has 0 unspecified atom stereocenters. The van der Waals surface area contributed by atoms with Gasteiger partial charge in [0.15, 0.2) is 0 Å². The van der Waals surface area contributed by atoms with Gasteiger partial charge in [-0.25, -0.2) is 0 Å². The van der Waals surface area contributed by atoms with Crippen molar-refractivity contribution in [3.63, 3.8) is 0 Å². The van der Waals surface area contributed by atoms with Gasteiger partial charge in [0, 0.05) is 6.04 Å². The fourth-order valence-corrected chi connectivity index (χ4v) is 3.06. The van der Waals surface area contributed by atoms with Crippen LogP contribution in [-0.4, -0.2) is 29.1 Å². The highest BCUT2D eigenvalue weighted by molar-refractivity contribution is 5.86. The van der Waals surface area contributed by atoms with E-state index >= 15 is 0 Å². The van der Waals surface area contributed by atoms with E-state index < -0.39 is 6.10 Å². The zero-order valence-corrected chi connectivity index (χ0v) is 13.4. The molecule has 2 heteroatoms. The Kier molecular flexibility index (Phi) is 5.77. The summed E-state index contributed by atoms with van der Waals surface area (Å²) in [5.41, 5.74) is 1.04. The van der Waals surface area contributed by atoms with Crippen LogP contribution in [0.25, 0.3) is 10.8 Å². The zero-order valence-electron chi connectivity index (χ0n) is 13.4. The molecule has 0 spiro atoms. The fourth-order valence-electron chi connectivity index (χ4n) is 3.06. The summed E-state index contributed by atoms with van der Waals surface area (Å²) in [6.45, 7) is 8.60. The van der Waals surface area contributed by atoms with Crippen molar-refractivity contribution >= 4 is 10.8 Å². The molecule has 21 heavy (non-hydrogen) atoms. The Labute approximate surface area is 128 Å². The lowest BCUT2D eigenvalue weighted by molar-refractivity contribution is 0.0586. The molecule has 0 radical (unpaired) electrons. The van der Waals surface area contributed by atoms with Crippen molar-refractivity contribution in [3.8, 4) is 0 Å². The first kappa shape index (κ1) is 16.0. The molecule has 0 saturated carbocycles. The quantitative estimate of drug-likeness (QED) is 0.816. The van der Waals surface area contributed by atoms with Crippen LogP contribution in [0.15, 0.2) is 42.5 Å². The minimum Gasteiger partial charge on any atom is -0.387 e. The molecular formula is C19H27NO. The van der Waals surface area contributed by atoms with Crippen molar-refractivity contribution in [2.24, 2.45) is 0 Å². The Morgan fingerprint density at radius 3 is 2.24 bits per heavy atom. The van der Waals surface area contributed by atoms with Crippen LogP contribution < -0.4 is 0 Å². The lowest BCUT2D eigenvalue weighted by Gasteiger charge is -2.32. The summed E-state index contributed by atoms with van der Waals surface area (Å²) in [6.07, 6.45) is 1.79. The molecule has 0 fully saturated rings. The summed E-state index contributed by atoms with van der Waals surface area (Å²) in [5, 5.41) is 13.2. The molecule has 1 N–H and O–H groups in total. The smallest absolute Gasteiger partial charge is 0.0948 e. The average molecular weight is 285 g/mol. The molecule has 2 atom stereocenters. The van der Waals surface area contributed by atoms with Gasteiger partial charge < -0.3 is 5.11 Å². The van der Waals surface area contributed by atoms with Crippen LogP contribution in [0.4, 0.5) is 0 Å². The summed E-state index contributed by atoms with van der Waals surface area (Å²) < 4.78 is 0. The second kappa shape index (κ2) is 7.58. The van der Waals surface area contributed by atoms with E-state index in [1.54, 1.807) is 0 Å². The third kappa shape index (κ3) is 3.63. The molecule has 0 saturated heterocycles. The number of rotatable bonds is 7. The Balaban J connectivity index is 2.30. The van der Waals surface area contributed by atoms with Crippen LogP contribution in [0.2, 0.25) is 0 Å². The predicted octanol–water partition coefficient (Wildman–Crippen LogP) is 4.38. The van der Waals surface area contributed by atoms with Crippen LogP contribution in [-0.2, 0) is 0 Å². The minimum absolute atomic E-state index is 0.135. The molecule has 0 bridgehead atoms. The van der Waals surface area contributed by atoms with Gasteiger partial charge in [-0.3, -0.25) is 4.90 Å². The van der Waals surface area contributed by atoms with Crippen molar-refractivity contribution in [1.29, 1.82) is 0 Å². The number of benzene rings is 2. The van der Waals surface area contributed by atoms with E-state index in [0.29, 0.717) is 0 Å². The zero-order chi connectivity index (χ0) is 15.2. The van der Waals surface area contributed by atoms with Crippen molar-refractivity contribution in [2.45, 2.75) is 45.8 Å². The Bertz CT molecular complexity index is 555. The van der Waals surface area contributed by atoms with Gasteiger partial charge >= 0.3 is 0 Å². The number of fused-ring (bicyclic) bond motifs is 1. The number of aliphatic hydroxyl groups excluding tert-OH is 1. The summed E-state index contributed by atoms with van der Waals surface area (Å²) in [6, 6.07) is 14.6. The second-order valence-electron chi connectivity index (χ2n) is 5.79. The fraction of sp³-hybridized carbons (Fsp3) is 0.474. The summed E-state index contributed by atoms with van der Waals surface area (Å²) in [7, 11) is 0. The molecule has 0 aromatic heterocycles. The maximum absolute atomic E-state index is 10.9. The third-order valence-electron chi connectivity index (χ3n) is 4.20. The van der Waals surface area contributed by atoms with Crippen LogP contribution in [0, 0.1) is 0 Å². The molecular weight excluding hydrogens is 258 g/mol. The SMILES string of the molecule is CCCN(CCC)[C@H](C)[C@H](O)c1cccc2ccccc12. The number of hydrogen-bond donors (Lipinski definition) is 1. The lowest BCUT2D eigenvalue weighted by atomic mass is 9.96. The molecule has 0 aliphatic carbocycles. The first-order valence-corrected chi connectivity index (χ1v) is 8.08. The van der Waals surface area contributed by atoms with Gasteiger partial charge in [-0.2, -0.15) is 0 Å². The standard InChI is InChI=1S/C19H27NO/c1-4-13-20(14-5-2)15(3)19(21)18-12-8-10-16-9-6-7-11-17(16)18/h6-12,15,19,21H,4-5,13-14H2,1-3H3/t15-,19+/m1/s1.